The molecule has 0 radical (unpaired) electrons. The van der Waals surface area contributed by atoms with E-state index in [0.29, 0.717) is 11.3 Å². The van der Waals surface area contributed by atoms with Gasteiger partial charge in [0.15, 0.2) is 0 Å². The highest BCUT2D eigenvalue weighted by Gasteiger charge is 2.26. The molecule has 0 N–H and O–H groups in total. The predicted molar refractivity (Wildman–Crippen MR) is 218 cm³/mol. The zero-order valence-electron chi connectivity index (χ0n) is 28.1. The van der Waals surface area contributed by atoms with Gasteiger partial charge in [0.05, 0.1) is 45.6 Å². The maximum Gasteiger partial charge on any atom is 0.210 e. The molecule has 0 unspecified atom stereocenters. The number of hydrogen-bond acceptors (Lipinski definition) is 2. The molecule has 5 heterocycles. The van der Waals surface area contributed by atoms with E-state index in [1.54, 1.807) is 11.3 Å². The van der Waals surface area contributed by atoms with E-state index in [-0.39, 0.29) is 0 Å². The molecule has 0 bridgehead atoms. The van der Waals surface area contributed by atoms with Crippen molar-refractivity contribution < 1.29 is 0 Å². The van der Waals surface area contributed by atoms with Crippen LogP contribution in [0, 0.1) is 17.9 Å². The fourth-order valence-electron chi connectivity index (χ4n) is 8.40. The van der Waals surface area contributed by atoms with Gasteiger partial charge in [0, 0.05) is 32.3 Å². The van der Waals surface area contributed by atoms with Crippen molar-refractivity contribution >= 4 is 82.7 Å². The summed E-state index contributed by atoms with van der Waals surface area (Å²) >= 11 is 1.73. The van der Waals surface area contributed by atoms with Crippen molar-refractivity contribution in [2.75, 3.05) is 0 Å². The first-order valence-electron chi connectivity index (χ1n) is 17.4. The van der Waals surface area contributed by atoms with E-state index < -0.39 is 0 Å². The lowest BCUT2D eigenvalue weighted by Gasteiger charge is -2.13. The fourth-order valence-corrected chi connectivity index (χ4v) is 9.44. The standard InChI is InChI=1S/C46H26N6S/c1-48-34-19-7-13-25-40(34)50-37-22-10-4-16-31(37)44-33-18-6-12-24-39(33)52(46(44)50)42-27-26-41(53-42)51-38-23-11-5-17-32(38)43-30-15-3-9-21-36(30)49(45(43)51)35-20-8-2-14-29(35)28-47/h2-27H. The summed E-state index contributed by atoms with van der Waals surface area (Å²) in [5, 5.41) is 19.3. The van der Waals surface area contributed by atoms with Gasteiger partial charge in [-0.25, -0.2) is 4.85 Å². The number of aromatic nitrogens is 4. The minimum Gasteiger partial charge on any atom is -0.305 e. The second kappa shape index (κ2) is 11.1. The minimum atomic E-state index is 0.602. The number of nitrogens with zero attached hydrogens (tertiary/aromatic N) is 6. The first-order chi connectivity index (χ1) is 26.3. The molecular weight excluding hydrogens is 669 g/mol. The first-order valence-corrected chi connectivity index (χ1v) is 18.2. The van der Waals surface area contributed by atoms with Gasteiger partial charge in [-0.05, 0) is 54.6 Å². The van der Waals surface area contributed by atoms with Gasteiger partial charge < -0.3 is 4.57 Å². The lowest BCUT2D eigenvalue weighted by Crippen LogP contribution is -2.02. The number of para-hydroxylation sites is 7. The van der Waals surface area contributed by atoms with Crippen LogP contribution >= 0.6 is 11.3 Å². The van der Waals surface area contributed by atoms with Gasteiger partial charge in [0.25, 0.3) is 0 Å². The molecule has 53 heavy (non-hydrogen) atoms. The van der Waals surface area contributed by atoms with Crippen LogP contribution in [0.2, 0.25) is 0 Å². The van der Waals surface area contributed by atoms with Gasteiger partial charge in [0.2, 0.25) is 5.69 Å². The van der Waals surface area contributed by atoms with Crippen LogP contribution in [-0.2, 0) is 0 Å². The highest BCUT2D eigenvalue weighted by molar-refractivity contribution is 7.17. The Labute approximate surface area is 307 Å². The molecule has 5 aromatic heterocycles. The summed E-state index contributed by atoms with van der Waals surface area (Å²) in [7, 11) is 0. The number of nitriles is 1. The second-order valence-electron chi connectivity index (χ2n) is 13.1. The largest absolute Gasteiger partial charge is 0.305 e. The molecule has 7 heteroatoms. The highest BCUT2D eigenvalue weighted by Crippen LogP contribution is 2.46. The lowest BCUT2D eigenvalue weighted by molar-refractivity contribution is 1.08. The van der Waals surface area contributed by atoms with Crippen LogP contribution in [0.4, 0.5) is 5.69 Å². The van der Waals surface area contributed by atoms with Crippen molar-refractivity contribution in [2.24, 2.45) is 0 Å². The Morgan fingerprint density at radius 3 is 1.34 bits per heavy atom. The van der Waals surface area contributed by atoms with Crippen LogP contribution in [0.3, 0.4) is 0 Å². The topological polar surface area (TPSA) is 47.9 Å². The van der Waals surface area contributed by atoms with E-state index >= 15 is 0 Å². The minimum absolute atomic E-state index is 0.602. The van der Waals surface area contributed by atoms with Crippen molar-refractivity contribution in [2.45, 2.75) is 0 Å². The molecular formula is C46H26N6S. The molecule has 0 aliphatic rings. The summed E-state index contributed by atoms with van der Waals surface area (Å²) < 4.78 is 9.24. The summed E-state index contributed by atoms with van der Waals surface area (Å²) in [6, 6.07) is 56.7. The predicted octanol–water partition coefficient (Wildman–Crippen LogP) is 12.3. The van der Waals surface area contributed by atoms with Gasteiger partial charge in [-0.1, -0.05) is 114 Å². The Morgan fingerprint density at radius 2 is 0.849 bits per heavy atom. The molecule has 6 aromatic carbocycles. The van der Waals surface area contributed by atoms with Crippen LogP contribution in [0.5, 0.6) is 0 Å². The summed E-state index contributed by atoms with van der Waals surface area (Å²) in [6.45, 7) is 8.07. The van der Waals surface area contributed by atoms with E-state index in [4.69, 9.17) is 6.57 Å². The van der Waals surface area contributed by atoms with E-state index in [2.05, 4.69) is 138 Å². The van der Waals surface area contributed by atoms with Crippen LogP contribution in [-0.4, -0.2) is 18.3 Å². The van der Waals surface area contributed by atoms with Gasteiger partial charge in [-0.3, -0.25) is 13.7 Å². The second-order valence-corrected chi connectivity index (χ2v) is 14.2. The van der Waals surface area contributed by atoms with Gasteiger partial charge >= 0.3 is 0 Å². The molecule has 11 rings (SSSR count). The molecule has 11 aromatic rings. The van der Waals surface area contributed by atoms with Crippen LogP contribution in [0.25, 0.3) is 91.9 Å². The Morgan fingerprint density at radius 1 is 0.453 bits per heavy atom. The van der Waals surface area contributed by atoms with E-state index in [1.807, 2.05) is 48.5 Å². The molecule has 0 aliphatic carbocycles. The van der Waals surface area contributed by atoms with E-state index in [0.717, 1.165) is 87.1 Å². The number of thiophene rings is 1. The zero-order valence-corrected chi connectivity index (χ0v) is 28.9. The number of fused-ring (bicyclic) bond motifs is 10. The lowest BCUT2D eigenvalue weighted by atomic mass is 10.1. The molecule has 0 saturated carbocycles. The average Bonchev–Trinajstić information content (AvgIpc) is 4.02. The average molecular weight is 695 g/mol. The van der Waals surface area contributed by atoms with Crippen molar-refractivity contribution in [1.82, 2.24) is 18.3 Å². The van der Waals surface area contributed by atoms with Gasteiger partial charge in [-0.15, -0.1) is 0 Å². The quantitative estimate of drug-likeness (QED) is 0.169. The molecule has 0 amide bonds. The van der Waals surface area contributed by atoms with Crippen molar-refractivity contribution in [3.8, 4) is 27.4 Å². The summed E-state index contributed by atoms with van der Waals surface area (Å²) in [6.07, 6.45) is 0. The summed E-state index contributed by atoms with van der Waals surface area (Å²) in [4.78, 5) is 3.95. The Hall–Kier alpha value is -7.32. The number of benzene rings is 6. The van der Waals surface area contributed by atoms with Crippen molar-refractivity contribution in [3.63, 3.8) is 0 Å². The van der Waals surface area contributed by atoms with Crippen LogP contribution in [0.1, 0.15) is 5.56 Å². The molecule has 0 fully saturated rings. The summed E-state index contributed by atoms with van der Waals surface area (Å²) in [5.41, 5.74) is 9.28. The molecule has 0 saturated heterocycles. The van der Waals surface area contributed by atoms with Crippen molar-refractivity contribution in [3.05, 3.63) is 175 Å². The number of rotatable bonds is 4. The Balaban J connectivity index is 1.26. The van der Waals surface area contributed by atoms with Crippen molar-refractivity contribution in [1.29, 1.82) is 5.26 Å². The smallest absolute Gasteiger partial charge is 0.210 e. The van der Waals surface area contributed by atoms with Gasteiger partial charge in [-0.2, -0.15) is 5.26 Å². The monoisotopic (exact) mass is 694 g/mol. The highest BCUT2D eigenvalue weighted by atomic mass is 32.1. The van der Waals surface area contributed by atoms with Gasteiger partial charge in [0.1, 0.15) is 27.4 Å². The third-order valence-electron chi connectivity index (χ3n) is 10.5. The number of hydrogen-bond donors (Lipinski definition) is 0. The van der Waals surface area contributed by atoms with Crippen LogP contribution in [0.15, 0.2) is 158 Å². The zero-order chi connectivity index (χ0) is 35.2. The Kier molecular flexibility index (Phi) is 6.15. The first kappa shape index (κ1) is 29.4. The molecule has 246 valence electrons. The Bertz CT molecular complexity index is 3160. The van der Waals surface area contributed by atoms with Crippen LogP contribution < -0.4 is 0 Å². The molecule has 6 nitrogen and oxygen atoms in total. The molecule has 0 spiro atoms. The maximum atomic E-state index is 10.3. The van der Waals surface area contributed by atoms with E-state index in [1.165, 1.54) is 0 Å². The maximum absolute atomic E-state index is 10.3. The summed E-state index contributed by atoms with van der Waals surface area (Å²) in [5.74, 6) is 0. The van der Waals surface area contributed by atoms with E-state index in [9.17, 15) is 5.26 Å². The normalized spacial score (nSPS) is 11.7. The fraction of sp³-hybridized carbons (Fsp3) is 0. The molecule has 0 aliphatic heterocycles. The third kappa shape index (κ3) is 3.94. The molecule has 0 atom stereocenters. The SMILES string of the molecule is [C-]#[N+]c1ccccc1-n1c2ccccc2c2c3ccccc3n(-c3ccc(-n4c5ccccc5c5c6ccccc6n(-c6ccccc6C#N)c54)s3)c21. The third-order valence-corrected chi connectivity index (χ3v) is 11.5.